The number of aryl methyl sites for hydroxylation is 1. The molecule has 0 aliphatic rings. The number of rotatable bonds is 6. The van der Waals surface area contributed by atoms with Crippen LogP contribution >= 0.6 is 11.6 Å². The van der Waals surface area contributed by atoms with Crippen LogP contribution in [0.25, 0.3) is 0 Å². The Morgan fingerprint density at radius 2 is 1.85 bits per heavy atom. The van der Waals surface area contributed by atoms with Gasteiger partial charge in [0, 0.05) is 12.6 Å². The molecule has 2 rings (SSSR count). The molecule has 1 nitrogen and oxygen atoms in total. The van der Waals surface area contributed by atoms with E-state index in [2.05, 4.69) is 36.5 Å². The highest BCUT2D eigenvalue weighted by atomic mass is 35.5. The summed E-state index contributed by atoms with van der Waals surface area (Å²) in [6.45, 7) is 2.72. The monoisotopic (exact) mass is 291 g/mol. The Bertz CT molecular complexity index is 542. The van der Waals surface area contributed by atoms with Gasteiger partial charge in [-0.25, -0.2) is 4.39 Å². The molecule has 1 N–H and O–H groups in total. The average molecular weight is 292 g/mol. The van der Waals surface area contributed by atoms with Crippen LogP contribution < -0.4 is 5.32 Å². The Hall–Kier alpha value is -1.38. The van der Waals surface area contributed by atoms with Gasteiger partial charge in [0.05, 0.1) is 5.02 Å². The molecule has 0 radical (unpaired) electrons. The van der Waals surface area contributed by atoms with Crippen LogP contribution in [-0.2, 0) is 13.0 Å². The van der Waals surface area contributed by atoms with Crippen molar-refractivity contribution >= 4 is 11.6 Å². The maximum Gasteiger partial charge on any atom is 0.142 e. The van der Waals surface area contributed by atoms with Gasteiger partial charge in [0.2, 0.25) is 0 Å². The molecule has 0 saturated carbocycles. The van der Waals surface area contributed by atoms with Gasteiger partial charge in [-0.2, -0.15) is 0 Å². The normalized spacial score (nSPS) is 12.3. The molecule has 20 heavy (non-hydrogen) atoms. The molecule has 3 heteroatoms. The molecule has 1 unspecified atom stereocenters. The van der Waals surface area contributed by atoms with Crippen molar-refractivity contribution in [2.24, 2.45) is 0 Å². The molecule has 0 heterocycles. The van der Waals surface area contributed by atoms with Crippen molar-refractivity contribution in [2.45, 2.75) is 32.4 Å². The number of halogens is 2. The van der Waals surface area contributed by atoms with E-state index >= 15 is 0 Å². The van der Waals surface area contributed by atoms with Crippen molar-refractivity contribution in [3.63, 3.8) is 0 Å². The van der Waals surface area contributed by atoms with Crippen LogP contribution in [0.3, 0.4) is 0 Å². The fourth-order valence-corrected chi connectivity index (χ4v) is 2.29. The highest BCUT2D eigenvalue weighted by Crippen LogP contribution is 2.19. The number of benzene rings is 2. The predicted octanol–water partition coefficient (Wildman–Crippen LogP) is 4.59. The first kappa shape index (κ1) is 15.0. The van der Waals surface area contributed by atoms with Crippen molar-refractivity contribution in [3.05, 3.63) is 70.5 Å². The summed E-state index contributed by atoms with van der Waals surface area (Å²) >= 11 is 5.93. The Kier molecular flexibility index (Phi) is 5.57. The molecule has 106 valence electrons. The third-order valence-electron chi connectivity index (χ3n) is 3.38. The second-order valence-electron chi connectivity index (χ2n) is 5.02. The summed E-state index contributed by atoms with van der Waals surface area (Å²) in [6, 6.07) is 15.7. The second-order valence-corrected chi connectivity index (χ2v) is 5.40. The average Bonchev–Trinajstić information content (AvgIpc) is 2.48. The Balaban J connectivity index is 1.80. The first-order valence-electron chi connectivity index (χ1n) is 6.87. The summed E-state index contributed by atoms with van der Waals surface area (Å²) in [5.41, 5.74) is 2.14. The minimum atomic E-state index is -0.358. The van der Waals surface area contributed by atoms with Gasteiger partial charge < -0.3 is 5.32 Å². The van der Waals surface area contributed by atoms with Crippen LogP contribution in [-0.4, -0.2) is 6.04 Å². The van der Waals surface area contributed by atoms with Gasteiger partial charge in [-0.3, -0.25) is 0 Å². The maximum atomic E-state index is 13.3. The molecule has 1 atom stereocenters. The van der Waals surface area contributed by atoms with Crippen molar-refractivity contribution in [3.8, 4) is 0 Å². The van der Waals surface area contributed by atoms with E-state index in [0.717, 1.165) is 18.4 Å². The molecule has 0 fully saturated rings. The van der Waals surface area contributed by atoms with E-state index < -0.39 is 0 Å². The SMILES string of the molecule is CC(CCc1ccccc1)NCc1cccc(F)c1Cl. The Morgan fingerprint density at radius 3 is 2.60 bits per heavy atom. The zero-order chi connectivity index (χ0) is 14.4. The lowest BCUT2D eigenvalue weighted by molar-refractivity contribution is 0.512. The molecule has 0 amide bonds. The van der Waals surface area contributed by atoms with Crippen LogP contribution in [0.5, 0.6) is 0 Å². The lowest BCUT2D eigenvalue weighted by atomic mass is 10.1. The van der Waals surface area contributed by atoms with E-state index in [1.54, 1.807) is 6.07 Å². The molecule has 0 aliphatic carbocycles. The predicted molar refractivity (Wildman–Crippen MR) is 82.5 cm³/mol. The fourth-order valence-electron chi connectivity index (χ4n) is 2.10. The highest BCUT2D eigenvalue weighted by molar-refractivity contribution is 6.31. The van der Waals surface area contributed by atoms with Crippen LogP contribution in [0.15, 0.2) is 48.5 Å². The Labute approximate surface area is 124 Å². The van der Waals surface area contributed by atoms with E-state index in [0.29, 0.717) is 12.6 Å². The van der Waals surface area contributed by atoms with Crippen molar-refractivity contribution < 1.29 is 4.39 Å². The first-order valence-corrected chi connectivity index (χ1v) is 7.25. The molecule has 0 aliphatic heterocycles. The smallest absolute Gasteiger partial charge is 0.142 e. The summed E-state index contributed by atoms with van der Waals surface area (Å²) in [4.78, 5) is 0. The zero-order valence-corrected chi connectivity index (χ0v) is 12.3. The van der Waals surface area contributed by atoms with Gasteiger partial charge in [-0.15, -0.1) is 0 Å². The van der Waals surface area contributed by atoms with E-state index in [4.69, 9.17) is 11.6 Å². The summed E-state index contributed by atoms with van der Waals surface area (Å²) in [5.74, 6) is -0.358. The first-order chi connectivity index (χ1) is 9.66. The lowest BCUT2D eigenvalue weighted by Crippen LogP contribution is -2.26. The standard InChI is InChI=1S/C17H19ClFN/c1-13(10-11-14-6-3-2-4-7-14)20-12-15-8-5-9-16(19)17(15)18/h2-9,13,20H,10-12H2,1H3. The van der Waals surface area contributed by atoms with Gasteiger partial charge in [0.15, 0.2) is 0 Å². The number of nitrogens with one attached hydrogen (secondary N) is 1. The highest BCUT2D eigenvalue weighted by Gasteiger charge is 2.07. The van der Waals surface area contributed by atoms with Crippen LogP contribution in [0.4, 0.5) is 4.39 Å². The van der Waals surface area contributed by atoms with Crippen molar-refractivity contribution in [1.82, 2.24) is 5.32 Å². The molecule has 0 saturated heterocycles. The second kappa shape index (κ2) is 7.41. The molecule has 0 spiro atoms. The summed E-state index contributed by atoms with van der Waals surface area (Å²) < 4.78 is 13.3. The van der Waals surface area contributed by atoms with E-state index in [-0.39, 0.29) is 10.8 Å². The third-order valence-corrected chi connectivity index (χ3v) is 3.80. The topological polar surface area (TPSA) is 12.0 Å². The summed E-state index contributed by atoms with van der Waals surface area (Å²) in [7, 11) is 0. The summed E-state index contributed by atoms with van der Waals surface area (Å²) in [6.07, 6.45) is 2.07. The minimum Gasteiger partial charge on any atom is -0.310 e. The van der Waals surface area contributed by atoms with Crippen molar-refractivity contribution in [1.29, 1.82) is 0 Å². The van der Waals surface area contributed by atoms with E-state index in [1.165, 1.54) is 11.6 Å². The third kappa shape index (κ3) is 4.32. The van der Waals surface area contributed by atoms with Gasteiger partial charge in [0.1, 0.15) is 5.82 Å². The number of hydrogen-bond donors (Lipinski definition) is 1. The largest absolute Gasteiger partial charge is 0.310 e. The molecular weight excluding hydrogens is 273 g/mol. The minimum absolute atomic E-state index is 0.218. The lowest BCUT2D eigenvalue weighted by Gasteiger charge is -2.14. The van der Waals surface area contributed by atoms with Crippen LogP contribution in [0.2, 0.25) is 5.02 Å². The van der Waals surface area contributed by atoms with E-state index in [1.807, 2.05) is 12.1 Å². The molecule has 0 bridgehead atoms. The molecular formula is C17H19ClFN. The van der Waals surface area contributed by atoms with Gasteiger partial charge in [0.25, 0.3) is 0 Å². The zero-order valence-electron chi connectivity index (χ0n) is 11.6. The Morgan fingerprint density at radius 1 is 1.10 bits per heavy atom. The van der Waals surface area contributed by atoms with Crippen molar-refractivity contribution in [2.75, 3.05) is 0 Å². The van der Waals surface area contributed by atoms with E-state index in [9.17, 15) is 4.39 Å². The molecule has 2 aromatic rings. The van der Waals surface area contributed by atoms with Gasteiger partial charge in [-0.1, -0.05) is 54.1 Å². The van der Waals surface area contributed by atoms with Crippen LogP contribution in [0, 0.1) is 5.82 Å². The molecule has 0 aromatic heterocycles. The van der Waals surface area contributed by atoms with Gasteiger partial charge in [-0.05, 0) is 37.0 Å². The summed E-state index contributed by atoms with van der Waals surface area (Å²) in [5, 5.41) is 3.60. The quantitative estimate of drug-likeness (QED) is 0.821. The maximum absolute atomic E-state index is 13.3. The number of hydrogen-bond acceptors (Lipinski definition) is 1. The van der Waals surface area contributed by atoms with Gasteiger partial charge >= 0.3 is 0 Å². The fraction of sp³-hybridized carbons (Fsp3) is 0.294. The van der Waals surface area contributed by atoms with Crippen LogP contribution in [0.1, 0.15) is 24.5 Å². The molecule has 2 aromatic carbocycles.